The number of aliphatic hydroxyl groups excluding tert-OH is 1. The fourth-order valence-electron chi connectivity index (χ4n) is 1.47. The van der Waals surface area contributed by atoms with Crippen molar-refractivity contribution in [2.45, 2.75) is 25.9 Å². The molecule has 0 saturated carbocycles. The first-order valence-electron chi connectivity index (χ1n) is 4.98. The molecule has 80 valence electrons. The first kappa shape index (κ1) is 10.4. The average Bonchev–Trinajstić information content (AvgIpc) is 2.60. The van der Waals surface area contributed by atoms with Crippen molar-refractivity contribution in [3.8, 4) is 5.75 Å². The smallest absolute Gasteiger partial charge is 0.122 e. The van der Waals surface area contributed by atoms with Gasteiger partial charge in [0.15, 0.2) is 0 Å². The molecule has 1 aromatic heterocycles. The number of thiazole rings is 1. The van der Waals surface area contributed by atoms with E-state index < -0.39 is 6.10 Å². The van der Waals surface area contributed by atoms with Gasteiger partial charge in [0.2, 0.25) is 0 Å². The van der Waals surface area contributed by atoms with E-state index in [0.717, 1.165) is 28.1 Å². The minimum absolute atomic E-state index is 0.239. The second kappa shape index (κ2) is 4.16. The van der Waals surface area contributed by atoms with E-state index in [9.17, 15) is 10.2 Å². The highest BCUT2D eigenvalue weighted by atomic mass is 32.1. The van der Waals surface area contributed by atoms with Crippen molar-refractivity contribution in [3.05, 3.63) is 23.2 Å². The number of benzene rings is 1. The van der Waals surface area contributed by atoms with Gasteiger partial charge in [0, 0.05) is 0 Å². The Morgan fingerprint density at radius 3 is 3.00 bits per heavy atom. The van der Waals surface area contributed by atoms with Gasteiger partial charge in [-0.05, 0) is 24.6 Å². The molecule has 0 bridgehead atoms. The fraction of sp³-hybridized carbons (Fsp3) is 0.364. The van der Waals surface area contributed by atoms with Crippen molar-refractivity contribution in [2.24, 2.45) is 0 Å². The lowest BCUT2D eigenvalue weighted by Gasteiger charge is -2.03. The molecule has 15 heavy (non-hydrogen) atoms. The number of aromatic nitrogens is 1. The van der Waals surface area contributed by atoms with Crippen molar-refractivity contribution >= 4 is 21.6 Å². The Morgan fingerprint density at radius 1 is 1.47 bits per heavy atom. The lowest BCUT2D eigenvalue weighted by molar-refractivity contribution is 0.166. The summed E-state index contributed by atoms with van der Waals surface area (Å²) < 4.78 is 0.917. The van der Waals surface area contributed by atoms with Gasteiger partial charge in [-0.15, -0.1) is 11.3 Å². The monoisotopic (exact) mass is 223 g/mol. The standard InChI is InChI=1S/C11H13NO2S/c1-2-3-9(14)11-12-8-5-4-7(13)6-10(8)15-11/h4-6,9,13-14H,2-3H2,1H3. The van der Waals surface area contributed by atoms with Gasteiger partial charge >= 0.3 is 0 Å². The topological polar surface area (TPSA) is 53.4 Å². The van der Waals surface area contributed by atoms with Gasteiger partial charge in [-0.2, -0.15) is 0 Å². The maximum absolute atomic E-state index is 9.78. The summed E-state index contributed by atoms with van der Waals surface area (Å²) in [4.78, 5) is 4.33. The molecule has 0 aliphatic rings. The van der Waals surface area contributed by atoms with Gasteiger partial charge in [0.05, 0.1) is 10.2 Å². The maximum atomic E-state index is 9.78. The van der Waals surface area contributed by atoms with Crippen LogP contribution >= 0.6 is 11.3 Å². The quantitative estimate of drug-likeness (QED) is 0.841. The number of hydrogen-bond acceptors (Lipinski definition) is 4. The van der Waals surface area contributed by atoms with Crippen LogP contribution in [-0.2, 0) is 0 Å². The predicted octanol–water partition coefficient (Wildman–Crippen LogP) is 2.84. The third-order valence-electron chi connectivity index (χ3n) is 2.24. The molecule has 1 heterocycles. The molecular weight excluding hydrogens is 210 g/mol. The van der Waals surface area contributed by atoms with Crippen LogP contribution in [0.25, 0.3) is 10.2 Å². The first-order chi connectivity index (χ1) is 7.20. The summed E-state index contributed by atoms with van der Waals surface area (Å²) in [5.74, 6) is 0.239. The molecule has 2 aromatic rings. The highest BCUT2D eigenvalue weighted by Crippen LogP contribution is 2.30. The van der Waals surface area contributed by atoms with E-state index in [-0.39, 0.29) is 5.75 Å². The van der Waals surface area contributed by atoms with Crippen LogP contribution in [0, 0.1) is 0 Å². The third kappa shape index (κ3) is 2.11. The van der Waals surface area contributed by atoms with Crippen LogP contribution in [0.15, 0.2) is 18.2 Å². The van der Waals surface area contributed by atoms with E-state index in [1.165, 1.54) is 11.3 Å². The van der Waals surface area contributed by atoms with Crippen molar-refractivity contribution in [1.29, 1.82) is 0 Å². The van der Waals surface area contributed by atoms with E-state index in [1.807, 2.05) is 6.92 Å². The Bertz CT molecular complexity index is 467. The number of nitrogens with zero attached hydrogens (tertiary/aromatic N) is 1. The zero-order valence-corrected chi connectivity index (χ0v) is 9.29. The number of phenols is 1. The van der Waals surface area contributed by atoms with Crippen molar-refractivity contribution in [3.63, 3.8) is 0 Å². The van der Waals surface area contributed by atoms with Crippen molar-refractivity contribution in [1.82, 2.24) is 4.98 Å². The van der Waals surface area contributed by atoms with Crippen LogP contribution < -0.4 is 0 Å². The van der Waals surface area contributed by atoms with Crippen LogP contribution in [0.1, 0.15) is 30.9 Å². The Labute approximate surface area is 92.0 Å². The van der Waals surface area contributed by atoms with Gasteiger partial charge < -0.3 is 10.2 Å². The molecule has 0 radical (unpaired) electrons. The molecule has 0 saturated heterocycles. The summed E-state index contributed by atoms with van der Waals surface area (Å²) in [7, 11) is 0. The van der Waals surface area contributed by atoms with Crippen LogP contribution in [0.5, 0.6) is 5.75 Å². The minimum atomic E-state index is -0.477. The van der Waals surface area contributed by atoms with Gasteiger partial charge in [-0.25, -0.2) is 4.98 Å². The Morgan fingerprint density at radius 2 is 2.27 bits per heavy atom. The van der Waals surface area contributed by atoms with Crippen molar-refractivity contribution in [2.75, 3.05) is 0 Å². The number of aliphatic hydroxyl groups is 1. The number of phenolic OH excluding ortho intramolecular Hbond substituents is 1. The Kier molecular flexibility index (Phi) is 2.88. The number of fused-ring (bicyclic) bond motifs is 1. The second-order valence-electron chi connectivity index (χ2n) is 3.51. The second-order valence-corrected chi connectivity index (χ2v) is 4.57. The number of hydrogen-bond donors (Lipinski definition) is 2. The number of aromatic hydroxyl groups is 1. The van der Waals surface area contributed by atoms with Crippen LogP contribution in [0.4, 0.5) is 0 Å². The van der Waals surface area contributed by atoms with E-state index in [0.29, 0.717) is 0 Å². The highest BCUT2D eigenvalue weighted by Gasteiger charge is 2.12. The molecule has 3 nitrogen and oxygen atoms in total. The molecule has 0 amide bonds. The van der Waals surface area contributed by atoms with Gasteiger partial charge in [-0.3, -0.25) is 0 Å². The molecule has 1 unspecified atom stereocenters. The normalized spacial score (nSPS) is 13.2. The van der Waals surface area contributed by atoms with E-state index >= 15 is 0 Å². The zero-order chi connectivity index (χ0) is 10.8. The Hall–Kier alpha value is -1.13. The van der Waals surface area contributed by atoms with Crippen LogP contribution in [0.2, 0.25) is 0 Å². The zero-order valence-electron chi connectivity index (χ0n) is 8.47. The highest BCUT2D eigenvalue weighted by molar-refractivity contribution is 7.18. The number of rotatable bonds is 3. The Balaban J connectivity index is 2.38. The summed E-state index contributed by atoms with van der Waals surface area (Å²) in [6, 6.07) is 5.05. The largest absolute Gasteiger partial charge is 0.508 e. The lowest BCUT2D eigenvalue weighted by Crippen LogP contribution is -1.94. The average molecular weight is 223 g/mol. The molecule has 4 heteroatoms. The molecule has 2 N–H and O–H groups in total. The molecular formula is C11H13NO2S. The van der Waals surface area contributed by atoms with E-state index in [4.69, 9.17) is 0 Å². The molecule has 0 aliphatic carbocycles. The summed E-state index contributed by atoms with van der Waals surface area (Å²) >= 11 is 1.44. The van der Waals surface area contributed by atoms with Gasteiger partial charge in [0.25, 0.3) is 0 Å². The predicted molar refractivity (Wildman–Crippen MR) is 61.2 cm³/mol. The summed E-state index contributed by atoms with van der Waals surface area (Å²) in [6.45, 7) is 2.03. The SMILES string of the molecule is CCCC(O)c1nc2ccc(O)cc2s1. The maximum Gasteiger partial charge on any atom is 0.122 e. The molecule has 1 aromatic carbocycles. The summed E-state index contributed by atoms with van der Waals surface area (Å²) in [5.41, 5.74) is 0.836. The molecule has 1 atom stereocenters. The van der Waals surface area contributed by atoms with Crippen LogP contribution in [-0.4, -0.2) is 15.2 Å². The first-order valence-corrected chi connectivity index (χ1v) is 5.80. The molecule has 2 rings (SSSR count). The summed E-state index contributed by atoms with van der Waals surface area (Å²) in [5, 5.41) is 19.8. The van der Waals surface area contributed by atoms with Gasteiger partial charge in [-0.1, -0.05) is 13.3 Å². The molecule has 0 aliphatic heterocycles. The van der Waals surface area contributed by atoms with E-state index in [1.54, 1.807) is 18.2 Å². The van der Waals surface area contributed by atoms with Gasteiger partial charge in [0.1, 0.15) is 16.9 Å². The molecule has 0 fully saturated rings. The lowest BCUT2D eigenvalue weighted by atomic mass is 10.2. The van der Waals surface area contributed by atoms with Crippen molar-refractivity contribution < 1.29 is 10.2 Å². The summed E-state index contributed by atoms with van der Waals surface area (Å²) in [6.07, 6.45) is 1.18. The minimum Gasteiger partial charge on any atom is -0.508 e. The third-order valence-corrected chi connectivity index (χ3v) is 3.36. The van der Waals surface area contributed by atoms with Crippen LogP contribution in [0.3, 0.4) is 0 Å². The fourth-order valence-corrected chi connectivity index (χ4v) is 2.49. The molecule has 0 spiro atoms. The van der Waals surface area contributed by atoms with E-state index in [2.05, 4.69) is 4.98 Å².